The fourth-order valence-electron chi connectivity index (χ4n) is 2.20. The summed E-state index contributed by atoms with van der Waals surface area (Å²) in [4.78, 5) is 11.9. The second-order valence-electron chi connectivity index (χ2n) is 4.58. The molecule has 0 saturated carbocycles. The fraction of sp³-hybridized carbons (Fsp3) is 0.500. The summed E-state index contributed by atoms with van der Waals surface area (Å²) in [5.74, 6) is 0.101. The van der Waals surface area contributed by atoms with Gasteiger partial charge in [0.05, 0.1) is 7.11 Å². The molecule has 3 nitrogen and oxygen atoms in total. The van der Waals surface area contributed by atoms with Crippen molar-refractivity contribution in [3.05, 3.63) is 29.6 Å². The first kappa shape index (κ1) is 13.0. The molecule has 0 amide bonds. The summed E-state index contributed by atoms with van der Waals surface area (Å²) in [5, 5.41) is 0. The van der Waals surface area contributed by atoms with E-state index in [-0.39, 0.29) is 18.0 Å². The van der Waals surface area contributed by atoms with Crippen molar-refractivity contribution in [3.8, 4) is 5.75 Å². The van der Waals surface area contributed by atoms with Gasteiger partial charge in [0.2, 0.25) is 0 Å². The van der Waals surface area contributed by atoms with E-state index in [9.17, 15) is 9.18 Å². The normalized spacial score (nSPS) is 18.9. The second-order valence-corrected chi connectivity index (χ2v) is 4.58. The van der Waals surface area contributed by atoms with Crippen molar-refractivity contribution in [1.82, 2.24) is 0 Å². The summed E-state index contributed by atoms with van der Waals surface area (Å²) in [6, 6.07) is 4.87. The van der Waals surface area contributed by atoms with Crippen LogP contribution < -0.4 is 4.74 Å². The molecule has 1 atom stereocenters. The minimum Gasteiger partial charge on any atom is -0.494 e. The standard InChI is InChI=1S/C14H17FO3/c1-17-13-4-2-3-11(14(13)15)8-12(16)7-10-5-6-18-9-10/h2-4,10H,5-9H2,1H3. The Balaban J connectivity index is 1.98. The summed E-state index contributed by atoms with van der Waals surface area (Å²) in [7, 11) is 1.42. The molecule has 18 heavy (non-hydrogen) atoms. The summed E-state index contributed by atoms with van der Waals surface area (Å²) in [6.45, 7) is 1.37. The molecule has 0 radical (unpaired) electrons. The van der Waals surface area contributed by atoms with E-state index in [2.05, 4.69) is 0 Å². The Bertz CT molecular complexity index is 425. The van der Waals surface area contributed by atoms with Crippen LogP contribution in [0.25, 0.3) is 0 Å². The Hall–Kier alpha value is -1.42. The van der Waals surface area contributed by atoms with Crippen molar-refractivity contribution < 1.29 is 18.7 Å². The molecule has 1 aliphatic heterocycles. The molecule has 1 fully saturated rings. The first-order chi connectivity index (χ1) is 8.70. The van der Waals surface area contributed by atoms with Crippen LogP contribution in [0.5, 0.6) is 5.75 Å². The number of carbonyl (C=O) groups excluding carboxylic acids is 1. The molecule has 0 spiro atoms. The zero-order valence-corrected chi connectivity index (χ0v) is 10.4. The lowest BCUT2D eigenvalue weighted by atomic mass is 9.97. The van der Waals surface area contributed by atoms with Crippen LogP contribution in [0.3, 0.4) is 0 Å². The quantitative estimate of drug-likeness (QED) is 0.807. The molecule has 0 aromatic heterocycles. The maximum Gasteiger partial charge on any atom is 0.168 e. The average Bonchev–Trinajstić information content (AvgIpc) is 2.84. The molecular weight excluding hydrogens is 235 g/mol. The Kier molecular flexibility index (Phi) is 4.31. The molecule has 0 aliphatic carbocycles. The van der Waals surface area contributed by atoms with Gasteiger partial charge in [-0.25, -0.2) is 4.39 Å². The Labute approximate surface area is 106 Å². The summed E-state index contributed by atoms with van der Waals surface area (Å²) < 4.78 is 24.0. The summed E-state index contributed by atoms with van der Waals surface area (Å²) in [5.41, 5.74) is 0.401. The number of carbonyl (C=O) groups is 1. The maximum absolute atomic E-state index is 13.8. The first-order valence-corrected chi connectivity index (χ1v) is 6.11. The number of ketones is 1. The maximum atomic E-state index is 13.8. The van der Waals surface area contributed by atoms with E-state index in [0.29, 0.717) is 24.5 Å². The van der Waals surface area contributed by atoms with Crippen LogP contribution in [0.15, 0.2) is 18.2 Å². The van der Waals surface area contributed by atoms with Gasteiger partial charge in [0.15, 0.2) is 11.6 Å². The van der Waals surface area contributed by atoms with Crippen molar-refractivity contribution in [2.24, 2.45) is 5.92 Å². The molecule has 4 heteroatoms. The van der Waals surface area contributed by atoms with Gasteiger partial charge in [0.1, 0.15) is 5.78 Å². The number of benzene rings is 1. The van der Waals surface area contributed by atoms with Gasteiger partial charge in [-0.2, -0.15) is 0 Å². The first-order valence-electron chi connectivity index (χ1n) is 6.11. The molecule has 1 aromatic carbocycles. The average molecular weight is 252 g/mol. The van der Waals surface area contributed by atoms with Gasteiger partial charge in [0, 0.05) is 26.1 Å². The topological polar surface area (TPSA) is 35.5 Å². The van der Waals surface area contributed by atoms with Gasteiger partial charge in [-0.3, -0.25) is 4.79 Å². The number of ether oxygens (including phenoxy) is 2. The largest absolute Gasteiger partial charge is 0.494 e. The second kappa shape index (κ2) is 5.96. The smallest absolute Gasteiger partial charge is 0.168 e. The van der Waals surface area contributed by atoms with Crippen molar-refractivity contribution >= 4 is 5.78 Å². The van der Waals surface area contributed by atoms with Crippen LogP contribution in [0.4, 0.5) is 4.39 Å². The molecule has 0 bridgehead atoms. The van der Waals surface area contributed by atoms with Crippen LogP contribution in [0, 0.1) is 11.7 Å². The van der Waals surface area contributed by atoms with Gasteiger partial charge in [-0.15, -0.1) is 0 Å². The molecule has 98 valence electrons. The van der Waals surface area contributed by atoms with Gasteiger partial charge >= 0.3 is 0 Å². The molecule has 0 N–H and O–H groups in total. The van der Waals surface area contributed by atoms with Crippen LogP contribution in [0.2, 0.25) is 0 Å². The lowest BCUT2D eigenvalue weighted by Crippen LogP contribution is -2.11. The van der Waals surface area contributed by atoms with Crippen LogP contribution in [-0.4, -0.2) is 26.1 Å². The van der Waals surface area contributed by atoms with Crippen LogP contribution in [0.1, 0.15) is 18.4 Å². The van der Waals surface area contributed by atoms with Crippen LogP contribution >= 0.6 is 0 Å². The molecule has 1 saturated heterocycles. The van der Waals surface area contributed by atoms with Gasteiger partial charge in [-0.05, 0) is 24.0 Å². The zero-order valence-electron chi connectivity index (χ0n) is 10.4. The summed E-state index contributed by atoms with van der Waals surface area (Å²) in [6.07, 6.45) is 1.52. The van der Waals surface area contributed by atoms with E-state index in [0.717, 1.165) is 13.0 Å². The van der Waals surface area contributed by atoms with E-state index >= 15 is 0 Å². The van der Waals surface area contributed by atoms with Gasteiger partial charge < -0.3 is 9.47 Å². The number of hydrogen-bond acceptors (Lipinski definition) is 3. The summed E-state index contributed by atoms with van der Waals surface area (Å²) >= 11 is 0. The van der Waals surface area contributed by atoms with Gasteiger partial charge in [0.25, 0.3) is 0 Å². The minimum absolute atomic E-state index is 0.0534. The van der Waals surface area contributed by atoms with E-state index < -0.39 is 5.82 Å². The number of Topliss-reactive ketones (excluding diaryl/α,β-unsaturated/α-hetero) is 1. The van der Waals surface area contributed by atoms with Crippen molar-refractivity contribution in [3.63, 3.8) is 0 Å². The number of halogens is 1. The molecule has 1 aromatic rings. The Morgan fingerprint density at radius 2 is 2.39 bits per heavy atom. The van der Waals surface area contributed by atoms with E-state index in [1.54, 1.807) is 18.2 Å². The van der Waals surface area contributed by atoms with Crippen LogP contribution in [-0.2, 0) is 16.0 Å². The highest BCUT2D eigenvalue weighted by atomic mass is 19.1. The van der Waals surface area contributed by atoms with Crippen molar-refractivity contribution in [1.29, 1.82) is 0 Å². The third-order valence-corrected chi connectivity index (χ3v) is 3.19. The number of methoxy groups -OCH3 is 1. The van der Waals surface area contributed by atoms with E-state index in [1.165, 1.54) is 7.11 Å². The fourth-order valence-corrected chi connectivity index (χ4v) is 2.20. The zero-order chi connectivity index (χ0) is 13.0. The van der Waals surface area contributed by atoms with E-state index in [1.807, 2.05) is 0 Å². The highest BCUT2D eigenvalue weighted by Crippen LogP contribution is 2.22. The SMILES string of the molecule is COc1cccc(CC(=O)CC2CCOC2)c1F. The Morgan fingerprint density at radius 1 is 1.56 bits per heavy atom. The Morgan fingerprint density at radius 3 is 3.06 bits per heavy atom. The van der Waals surface area contributed by atoms with Crippen molar-refractivity contribution in [2.75, 3.05) is 20.3 Å². The number of rotatable bonds is 5. The minimum atomic E-state index is -0.434. The molecule has 1 heterocycles. The molecule has 1 unspecified atom stereocenters. The molecule has 2 rings (SSSR count). The molecular formula is C14H17FO3. The van der Waals surface area contributed by atoms with Crippen molar-refractivity contribution in [2.45, 2.75) is 19.3 Å². The third-order valence-electron chi connectivity index (χ3n) is 3.19. The highest BCUT2D eigenvalue weighted by Gasteiger charge is 2.20. The van der Waals surface area contributed by atoms with E-state index in [4.69, 9.17) is 9.47 Å². The third kappa shape index (κ3) is 3.07. The highest BCUT2D eigenvalue weighted by molar-refractivity contribution is 5.81. The molecule has 1 aliphatic rings. The van der Waals surface area contributed by atoms with Gasteiger partial charge in [-0.1, -0.05) is 12.1 Å². The number of hydrogen-bond donors (Lipinski definition) is 0. The lowest BCUT2D eigenvalue weighted by molar-refractivity contribution is -0.119. The monoisotopic (exact) mass is 252 g/mol. The lowest BCUT2D eigenvalue weighted by Gasteiger charge is -2.09. The predicted octanol–water partition coefficient (Wildman–Crippen LogP) is 2.37. The predicted molar refractivity (Wildman–Crippen MR) is 65.2 cm³/mol.